The predicted octanol–water partition coefficient (Wildman–Crippen LogP) is 3.03. The van der Waals surface area contributed by atoms with Crippen molar-refractivity contribution in [3.05, 3.63) is 65.1 Å². The Kier molecular flexibility index (Phi) is 3.58. The third kappa shape index (κ3) is 2.48. The molecule has 0 aliphatic carbocycles. The molecular weight excluding hydrogens is 274 g/mol. The van der Waals surface area contributed by atoms with Crippen LogP contribution in [-0.2, 0) is 13.2 Å². The molecule has 0 saturated carbocycles. The summed E-state index contributed by atoms with van der Waals surface area (Å²) in [5.74, 6) is 0.706. The molecule has 2 aromatic heterocycles. The lowest BCUT2D eigenvalue weighted by atomic mass is 10.2. The van der Waals surface area contributed by atoms with E-state index in [0.717, 1.165) is 16.9 Å². The summed E-state index contributed by atoms with van der Waals surface area (Å²) in [4.78, 5) is 4.48. The smallest absolute Gasteiger partial charge is 0.137 e. The highest BCUT2D eigenvalue weighted by Crippen LogP contribution is 2.26. The van der Waals surface area contributed by atoms with Crippen LogP contribution in [0.5, 0.6) is 5.75 Å². The Bertz CT molecular complexity index is 706. The maximum Gasteiger partial charge on any atom is 0.137 e. The van der Waals surface area contributed by atoms with Gasteiger partial charge in [-0.3, -0.25) is 0 Å². The number of rotatable bonds is 4. The van der Waals surface area contributed by atoms with Gasteiger partial charge in [0.1, 0.15) is 18.0 Å². The van der Waals surface area contributed by atoms with Crippen molar-refractivity contribution in [1.29, 1.82) is 0 Å². The van der Waals surface area contributed by atoms with Gasteiger partial charge in [-0.15, -0.1) is 0 Å². The van der Waals surface area contributed by atoms with Crippen LogP contribution in [0.3, 0.4) is 0 Å². The van der Waals surface area contributed by atoms with Crippen LogP contribution in [0, 0.1) is 0 Å². The zero-order valence-corrected chi connectivity index (χ0v) is 11.5. The third-order valence-corrected chi connectivity index (χ3v) is 3.42. The number of fused-ring (bicyclic) bond motifs is 1. The molecule has 102 valence electrons. The monoisotopic (exact) mass is 287 g/mol. The summed E-state index contributed by atoms with van der Waals surface area (Å²) in [6.45, 7) is 0.731. The Morgan fingerprint density at radius 1 is 1.20 bits per heavy atom. The lowest BCUT2D eigenvalue weighted by Crippen LogP contribution is -2.03. The Morgan fingerprint density at radius 3 is 2.90 bits per heavy atom. The molecule has 3 rings (SSSR count). The molecule has 0 amide bonds. The van der Waals surface area contributed by atoms with Gasteiger partial charge in [-0.05, 0) is 24.3 Å². The van der Waals surface area contributed by atoms with Crippen LogP contribution in [0.2, 0.25) is 5.02 Å². The summed E-state index contributed by atoms with van der Waals surface area (Å²) in [7, 11) is 0. The number of nitrogens with zero attached hydrogens (tertiary/aromatic N) is 2. The molecule has 0 aliphatic rings. The standard InChI is InChI=1S/C15H14ClN3O/c16-13-4-3-5-14(12(13)8-17)20-10-11-9-19-7-2-1-6-15(19)18-11/h1-7,9H,8,10,17H2. The van der Waals surface area contributed by atoms with E-state index in [1.807, 2.05) is 53.2 Å². The van der Waals surface area contributed by atoms with Gasteiger partial charge in [-0.2, -0.15) is 0 Å². The Balaban J connectivity index is 1.81. The predicted molar refractivity (Wildman–Crippen MR) is 78.9 cm³/mol. The molecule has 0 radical (unpaired) electrons. The van der Waals surface area contributed by atoms with Gasteiger partial charge in [0.05, 0.1) is 5.69 Å². The van der Waals surface area contributed by atoms with Crippen LogP contribution in [-0.4, -0.2) is 9.38 Å². The van der Waals surface area contributed by atoms with Gasteiger partial charge in [0.2, 0.25) is 0 Å². The van der Waals surface area contributed by atoms with Crippen LogP contribution in [0.25, 0.3) is 5.65 Å². The van der Waals surface area contributed by atoms with E-state index >= 15 is 0 Å². The largest absolute Gasteiger partial charge is 0.487 e. The molecule has 0 unspecified atom stereocenters. The minimum Gasteiger partial charge on any atom is -0.487 e. The molecule has 0 spiro atoms. The highest BCUT2D eigenvalue weighted by Gasteiger charge is 2.08. The maximum atomic E-state index is 6.10. The van der Waals surface area contributed by atoms with Crippen molar-refractivity contribution in [2.45, 2.75) is 13.2 Å². The highest BCUT2D eigenvalue weighted by molar-refractivity contribution is 6.31. The molecule has 0 aliphatic heterocycles. The first-order chi connectivity index (χ1) is 9.78. The SMILES string of the molecule is NCc1c(Cl)cccc1OCc1cn2ccccc2n1. The Hall–Kier alpha value is -2.04. The summed E-state index contributed by atoms with van der Waals surface area (Å²) in [6, 6.07) is 11.4. The minimum atomic E-state index is 0.347. The lowest BCUT2D eigenvalue weighted by molar-refractivity contribution is 0.299. The normalized spacial score (nSPS) is 10.9. The zero-order chi connectivity index (χ0) is 13.9. The van der Waals surface area contributed by atoms with Crippen molar-refractivity contribution in [3.8, 4) is 5.75 Å². The fourth-order valence-corrected chi connectivity index (χ4v) is 2.32. The summed E-state index contributed by atoms with van der Waals surface area (Å²) in [6.07, 6.45) is 3.90. The van der Waals surface area contributed by atoms with Crippen LogP contribution in [0.15, 0.2) is 48.8 Å². The number of halogens is 1. The molecule has 2 heterocycles. The van der Waals surface area contributed by atoms with Gasteiger partial charge in [-0.1, -0.05) is 23.7 Å². The van der Waals surface area contributed by atoms with E-state index in [0.29, 0.717) is 23.9 Å². The number of hydrogen-bond acceptors (Lipinski definition) is 3. The average molecular weight is 288 g/mol. The Labute approximate surface area is 121 Å². The second-order valence-corrected chi connectivity index (χ2v) is 4.81. The van der Waals surface area contributed by atoms with Crippen LogP contribution >= 0.6 is 11.6 Å². The minimum absolute atomic E-state index is 0.347. The van der Waals surface area contributed by atoms with E-state index in [2.05, 4.69) is 4.98 Å². The van der Waals surface area contributed by atoms with Gasteiger partial charge in [0, 0.05) is 29.5 Å². The van der Waals surface area contributed by atoms with E-state index in [-0.39, 0.29) is 0 Å². The number of pyridine rings is 1. The number of imidazole rings is 1. The van der Waals surface area contributed by atoms with Crippen molar-refractivity contribution < 1.29 is 4.74 Å². The summed E-state index contributed by atoms with van der Waals surface area (Å²) in [5.41, 5.74) is 8.27. The number of benzene rings is 1. The van der Waals surface area contributed by atoms with E-state index in [4.69, 9.17) is 22.1 Å². The highest BCUT2D eigenvalue weighted by atomic mass is 35.5. The van der Waals surface area contributed by atoms with Gasteiger partial charge < -0.3 is 14.9 Å². The first kappa shape index (κ1) is 13.0. The first-order valence-electron chi connectivity index (χ1n) is 6.31. The fourth-order valence-electron chi connectivity index (χ4n) is 2.08. The van der Waals surface area contributed by atoms with Crippen LogP contribution in [0.4, 0.5) is 0 Å². The molecule has 0 fully saturated rings. The molecule has 2 N–H and O–H groups in total. The molecule has 0 bridgehead atoms. The molecule has 0 atom stereocenters. The number of nitrogens with two attached hydrogens (primary N) is 1. The van der Waals surface area contributed by atoms with E-state index in [1.165, 1.54) is 0 Å². The molecule has 20 heavy (non-hydrogen) atoms. The molecule has 1 aromatic carbocycles. The first-order valence-corrected chi connectivity index (χ1v) is 6.68. The maximum absolute atomic E-state index is 6.10. The number of ether oxygens (including phenoxy) is 1. The van der Waals surface area contributed by atoms with Gasteiger partial charge in [0.25, 0.3) is 0 Å². The summed E-state index contributed by atoms with van der Waals surface area (Å²) < 4.78 is 7.74. The van der Waals surface area contributed by atoms with Gasteiger partial charge in [0.15, 0.2) is 0 Å². The quantitative estimate of drug-likeness (QED) is 0.802. The molecular formula is C15H14ClN3O. The molecule has 3 aromatic rings. The second kappa shape index (κ2) is 5.53. The second-order valence-electron chi connectivity index (χ2n) is 4.41. The van der Waals surface area contributed by atoms with E-state index < -0.39 is 0 Å². The van der Waals surface area contributed by atoms with Crippen LogP contribution in [0.1, 0.15) is 11.3 Å². The van der Waals surface area contributed by atoms with Crippen molar-refractivity contribution in [3.63, 3.8) is 0 Å². The van der Waals surface area contributed by atoms with Crippen molar-refractivity contribution in [2.75, 3.05) is 0 Å². The van der Waals surface area contributed by atoms with Crippen molar-refractivity contribution >= 4 is 17.2 Å². The van der Waals surface area contributed by atoms with Gasteiger partial charge in [-0.25, -0.2) is 4.98 Å². The molecule has 4 nitrogen and oxygen atoms in total. The van der Waals surface area contributed by atoms with E-state index in [1.54, 1.807) is 0 Å². The average Bonchev–Trinajstić information content (AvgIpc) is 2.88. The zero-order valence-electron chi connectivity index (χ0n) is 10.8. The summed E-state index contributed by atoms with van der Waals surface area (Å²) >= 11 is 6.10. The molecule has 5 heteroatoms. The van der Waals surface area contributed by atoms with Crippen molar-refractivity contribution in [1.82, 2.24) is 9.38 Å². The third-order valence-electron chi connectivity index (χ3n) is 3.07. The topological polar surface area (TPSA) is 52.5 Å². The lowest BCUT2D eigenvalue weighted by Gasteiger charge is -2.10. The summed E-state index contributed by atoms with van der Waals surface area (Å²) in [5, 5.41) is 0.625. The Morgan fingerprint density at radius 2 is 2.10 bits per heavy atom. The number of hydrogen-bond donors (Lipinski definition) is 1. The number of aromatic nitrogens is 2. The molecule has 0 saturated heterocycles. The van der Waals surface area contributed by atoms with Crippen LogP contribution < -0.4 is 10.5 Å². The van der Waals surface area contributed by atoms with Crippen molar-refractivity contribution in [2.24, 2.45) is 5.73 Å². The van der Waals surface area contributed by atoms with Gasteiger partial charge >= 0.3 is 0 Å². The van der Waals surface area contributed by atoms with E-state index in [9.17, 15) is 0 Å². The fraction of sp³-hybridized carbons (Fsp3) is 0.133.